The van der Waals surface area contributed by atoms with Gasteiger partial charge in [-0.15, -0.1) is 0 Å². The van der Waals surface area contributed by atoms with Crippen LogP contribution in [0.15, 0.2) is 10.9 Å². The van der Waals surface area contributed by atoms with Gasteiger partial charge in [0, 0.05) is 0 Å². The van der Waals surface area contributed by atoms with Crippen LogP contribution in [0, 0.1) is 0 Å². The zero-order chi connectivity index (χ0) is 10.9. The highest BCUT2D eigenvalue weighted by Gasteiger charge is 2.15. The fourth-order valence-corrected chi connectivity index (χ4v) is 0.911. The van der Waals surface area contributed by atoms with Crippen LogP contribution in [0.25, 0.3) is 0 Å². The molecule has 14 heavy (non-hydrogen) atoms. The number of anilines is 1. The zero-order valence-electron chi connectivity index (χ0n) is 6.88. The Kier molecular flexibility index (Phi) is 2.50. The van der Waals surface area contributed by atoms with E-state index in [1.165, 1.54) is 0 Å². The number of primary amides is 1. The number of aromatic nitrogens is 1. The minimum atomic E-state index is -2.89. The molecule has 7 heteroatoms. The third-order valence-corrected chi connectivity index (χ3v) is 1.59. The van der Waals surface area contributed by atoms with Gasteiger partial charge >= 0.3 is 0 Å². The molecular weight excluding hydrogens is 196 g/mol. The van der Waals surface area contributed by atoms with Crippen LogP contribution in [0.2, 0.25) is 0 Å². The number of aromatic amines is 1. The number of nitrogens with two attached hydrogens (primary N) is 2. The molecule has 0 unspecified atom stereocenters. The standard InChI is InChI=1S/C7H7F2N3O2/c8-5(9)3-1-2(6(11)13)4(10)7(14)12-3/h1,5H,10H2,(H2,11,13)(H,12,14). The van der Waals surface area contributed by atoms with Crippen LogP contribution in [0.1, 0.15) is 22.5 Å². The number of carbonyl (C=O) groups is 1. The van der Waals surface area contributed by atoms with Crippen molar-refractivity contribution in [3.63, 3.8) is 0 Å². The zero-order valence-corrected chi connectivity index (χ0v) is 6.88. The predicted octanol–water partition coefficient (Wildman–Crippen LogP) is -0.00640. The van der Waals surface area contributed by atoms with E-state index in [0.717, 1.165) is 6.07 Å². The number of nitrogens with one attached hydrogen (secondary N) is 1. The highest BCUT2D eigenvalue weighted by Crippen LogP contribution is 2.17. The van der Waals surface area contributed by atoms with Crippen LogP contribution in [0.3, 0.4) is 0 Å². The summed E-state index contributed by atoms with van der Waals surface area (Å²) in [4.78, 5) is 23.5. The van der Waals surface area contributed by atoms with Crippen LogP contribution in [-0.2, 0) is 0 Å². The van der Waals surface area contributed by atoms with E-state index in [-0.39, 0.29) is 0 Å². The Bertz CT molecular complexity index is 427. The Balaban J connectivity index is 3.43. The van der Waals surface area contributed by atoms with Gasteiger partial charge < -0.3 is 16.5 Å². The van der Waals surface area contributed by atoms with Gasteiger partial charge in [-0.05, 0) is 6.07 Å². The molecule has 0 aliphatic rings. The number of alkyl halides is 2. The van der Waals surface area contributed by atoms with E-state index in [0.29, 0.717) is 0 Å². The first kappa shape index (κ1) is 10.2. The Labute approximate surface area is 76.7 Å². The lowest BCUT2D eigenvalue weighted by molar-refractivity contribution is 0.1000. The maximum atomic E-state index is 12.2. The second-order valence-corrected chi connectivity index (χ2v) is 2.55. The van der Waals surface area contributed by atoms with E-state index in [1.54, 1.807) is 0 Å². The second-order valence-electron chi connectivity index (χ2n) is 2.55. The van der Waals surface area contributed by atoms with Gasteiger partial charge in [-0.3, -0.25) is 9.59 Å². The smallest absolute Gasteiger partial charge is 0.278 e. The van der Waals surface area contributed by atoms with Crippen LogP contribution < -0.4 is 17.0 Å². The lowest BCUT2D eigenvalue weighted by Crippen LogP contribution is -2.22. The van der Waals surface area contributed by atoms with Crippen molar-refractivity contribution < 1.29 is 13.6 Å². The number of rotatable bonds is 2. The van der Waals surface area contributed by atoms with Gasteiger partial charge in [-0.25, -0.2) is 8.78 Å². The van der Waals surface area contributed by atoms with Crippen molar-refractivity contribution in [2.24, 2.45) is 5.73 Å². The maximum absolute atomic E-state index is 12.2. The molecule has 0 spiro atoms. The first-order chi connectivity index (χ1) is 6.43. The minimum absolute atomic E-state index is 0.399. The quantitative estimate of drug-likeness (QED) is 0.630. The molecule has 76 valence electrons. The molecule has 1 amide bonds. The van der Waals surface area contributed by atoms with Crippen molar-refractivity contribution in [3.8, 4) is 0 Å². The summed E-state index contributed by atoms with van der Waals surface area (Å²) in [5.74, 6) is -1.02. The molecule has 5 nitrogen and oxygen atoms in total. The molecule has 0 aromatic carbocycles. The number of halogens is 2. The average Bonchev–Trinajstić information content (AvgIpc) is 2.08. The molecule has 0 aliphatic heterocycles. The summed E-state index contributed by atoms with van der Waals surface area (Å²) < 4.78 is 24.3. The number of pyridine rings is 1. The Morgan fingerprint density at radius 1 is 1.50 bits per heavy atom. The van der Waals surface area contributed by atoms with Crippen LogP contribution >= 0.6 is 0 Å². The first-order valence-electron chi connectivity index (χ1n) is 3.54. The Morgan fingerprint density at radius 3 is 2.50 bits per heavy atom. The summed E-state index contributed by atoms with van der Waals surface area (Å²) in [6.45, 7) is 0. The Morgan fingerprint density at radius 2 is 2.07 bits per heavy atom. The van der Waals surface area contributed by atoms with Crippen molar-refractivity contribution in [1.82, 2.24) is 4.98 Å². The second kappa shape index (κ2) is 3.44. The largest absolute Gasteiger partial charge is 0.394 e. The highest BCUT2D eigenvalue weighted by molar-refractivity contribution is 5.97. The molecule has 0 aliphatic carbocycles. The SMILES string of the molecule is NC(=O)c1cc(C(F)F)[nH]c(=O)c1N. The van der Waals surface area contributed by atoms with Gasteiger partial charge in [0.05, 0.1) is 11.3 Å². The van der Waals surface area contributed by atoms with Crippen LogP contribution in [0.4, 0.5) is 14.5 Å². The topological polar surface area (TPSA) is 102 Å². The van der Waals surface area contributed by atoms with Crippen molar-refractivity contribution in [2.75, 3.05) is 5.73 Å². The summed E-state index contributed by atoms with van der Waals surface area (Å²) in [5.41, 5.74) is 7.51. The summed E-state index contributed by atoms with van der Waals surface area (Å²) >= 11 is 0. The first-order valence-corrected chi connectivity index (χ1v) is 3.54. The number of H-pyrrole nitrogens is 1. The lowest BCUT2D eigenvalue weighted by Gasteiger charge is -2.04. The molecule has 0 saturated carbocycles. The van der Waals surface area contributed by atoms with E-state index in [4.69, 9.17) is 11.5 Å². The van der Waals surface area contributed by atoms with Crippen LogP contribution in [-0.4, -0.2) is 10.9 Å². The number of carbonyl (C=O) groups excluding carboxylic acids is 1. The highest BCUT2D eigenvalue weighted by atomic mass is 19.3. The molecule has 1 aromatic heterocycles. The summed E-state index contributed by atoms with van der Waals surface area (Å²) in [6, 6.07) is 0.768. The number of nitrogen functional groups attached to an aromatic ring is 1. The predicted molar refractivity (Wildman–Crippen MR) is 44.9 cm³/mol. The maximum Gasteiger partial charge on any atom is 0.278 e. The van der Waals surface area contributed by atoms with Crippen LogP contribution in [0.5, 0.6) is 0 Å². The van der Waals surface area contributed by atoms with Crippen molar-refractivity contribution >= 4 is 11.6 Å². The van der Waals surface area contributed by atoms with E-state index in [9.17, 15) is 18.4 Å². The Hall–Kier alpha value is -1.92. The molecule has 1 rings (SSSR count). The van der Waals surface area contributed by atoms with Gasteiger partial charge in [0.15, 0.2) is 0 Å². The molecule has 0 saturated heterocycles. The monoisotopic (exact) mass is 203 g/mol. The molecule has 0 atom stereocenters. The van der Waals surface area contributed by atoms with Crippen molar-refractivity contribution in [2.45, 2.75) is 6.43 Å². The molecular formula is C7H7F2N3O2. The molecule has 0 radical (unpaired) electrons. The van der Waals surface area contributed by atoms with Gasteiger partial charge in [-0.1, -0.05) is 0 Å². The van der Waals surface area contributed by atoms with Gasteiger partial charge in [0.2, 0.25) is 0 Å². The van der Waals surface area contributed by atoms with Crippen molar-refractivity contribution in [1.29, 1.82) is 0 Å². The van der Waals surface area contributed by atoms with Crippen molar-refractivity contribution in [3.05, 3.63) is 27.7 Å². The summed E-state index contributed by atoms with van der Waals surface area (Å²) in [7, 11) is 0. The van der Waals surface area contributed by atoms with E-state index < -0.39 is 34.8 Å². The number of hydrogen-bond donors (Lipinski definition) is 3. The normalized spacial score (nSPS) is 10.5. The molecule has 5 N–H and O–H groups in total. The molecule has 1 aromatic rings. The third kappa shape index (κ3) is 1.70. The fraction of sp³-hybridized carbons (Fsp3) is 0.143. The van der Waals surface area contributed by atoms with E-state index >= 15 is 0 Å². The summed E-state index contributed by atoms with van der Waals surface area (Å²) in [6.07, 6.45) is -2.89. The fourth-order valence-electron chi connectivity index (χ4n) is 0.911. The third-order valence-electron chi connectivity index (χ3n) is 1.59. The lowest BCUT2D eigenvalue weighted by atomic mass is 10.2. The summed E-state index contributed by atoms with van der Waals surface area (Å²) in [5, 5.41) is 0. The van der Waals surface area contributed by atoms with Gasteiger partial charge in [0.25, 0.3) is 17.9 Å². The number of hydrogen-bond acceptors (Lipinski definition) is 3. The number of amides is 1. The molecule has 0 bridgehead atoms. The minimum Gasteiger partial charge on any atom is -0.394 e. The molecule has 1 heterocycles. The van der Waals surface area contributed by atoms with E-state index in [2.05, 4.69) is 0 Å². The molecule has 0 fully saturated rings. The van der Waals surface area contributed by atoms with Gasteiger partial charge in [-0.2, -0.15) is 0 Å². The van der Waals surface area contributed by atoms with E-state index in [1.807, 2.05) is 4.98 Å². The average molecular weight is 203 g/mol. The van der Waals surface area contributed by atoms with Gasteiger partial charge in [0.1, 0.15) is 5.69 Å².